The molecular weight excluding hydrogens is 239 g/mol. The number of hydrogen-bond acceptors (Lipinski definition) is 1. The Kier molecular flexibility index (Phi) is 5.55. The van der Waals surface area contributed by atoms with Crippen molar-refractivity contribution in [3.8, 4) is 0 Å². The minimum atomic E-state index is -1.94. The van der Waals surface area contributed by atoms with Gasteiger partial charge in [0.15, 0.2) is 0 Å². The van der Waals surface area contributed by atoms with Crippen molar-refractivity contribution in [2.75, 3.05) is 11.0 Å². The Labute approximate surface area is 92.6 Å². The molecule has 0 saturated carbocycles. The van der Waals surface area contributed by atoms with Crippen LogP contribution in [-0.4, -0.2) is 27.6 Å². The molecule has 0 aliphatic carbocycles. The van der Waals surface area contributed by atoms with Crippen LogP contribution in [0.1, 0.15) is 0 Å². The number of hydrogen-bond donors (Lipinski definition) is 0. The van der Waals surface area contributed by atoms with E-state index in [9.17, 15) is 0 Å². The van der Waals surface area contributed by atoms with Gasteiger partial charge in [0.25, 0.3) is 0 Å². The van der Waals surface area contributed by atoms with E-state index in [2.05, 4.69) is 13.2 Å². The molecule has 0 rings (SSSR count). The molecule has 0 radical (unpaired) electrons. The van der Waals surface area contributed by atoms with E-state index in [4.69, 9.17) is 27.3 Å². The standard InChI is InChI=1S/C8H16Cl2OSi2/c1-5-12(3,7-9)11-13(4,6-2)8-10/h5-6H,1-2,7-8H2,3-4H3. The third kappa shape index (κ3) is 4.00. The van der Waals surface area contributed by atoms with Gasteiger partial charge in [-0.05, 0) is 13.1 Å². The third-order valence-corrected chi connectivity index (χ3v) is 11.6. The van der Waals surface area contributed by atoms with E-state index in [1.54, 1.807) is 0 Å². The van der Waals surface area contributed by atoms with E-state index < -0.39 is 16.6 Å². The Hall–Kier alpha value is 0.454. The summed E-state index contributed by atoms with van der Waals surface area (Å²) in [5, 5.41) is 0. The fraction of sp³-hybridized carbons (Fsp3) is 0.500. The molecular formula is C8H16Cl2OSi2. The fourth-order valence-electron chi connectivity index (χ4n) is 0.780. The minimum Gasteiger partial charge on any atom is -0.448 e. The Morgan fingerprint density at radius 2 is 1.38 bits per heavy atom. The van der Waals surface area contributed by atoms with Gasteiger partial charge in [0.05, 0.1) is 0 Å². The van der Waals surface area contributed by atoms with Gasteiger partial charge in [-0.15, -0.1) is 36.4 Å². The van der Waals surface area contributed by atoms with Crippen molar-refractivity contribution in [1.82, 2.24) is 0 Å². The van der Waals surface area contributed by atoms with Crippen LogP contribution >= 0.6 is 23.2 Å². The smallest absolute Gasteiger partial charge is 0.216 e. The van der Waals surface area contributed by atoms with Crippen LogP contribution in [0, 0.1) is 0 Å². The zero-order valence-corrected chi connectivity index (χ0v) is 11.7. The number of alkyl halides is 2. The lowest BCUT2D eigenvalue weighted by Crippen LogP contribution is -2.49. The molecule has 2 unspecified atom stereocenters. The molecule has 0 aromatic carbocycles. The van der Waals surface area contributed by atoms with E-state index in [-0.39, 0.29) is 0 Å². The van der Waals surface area contributed by atoms with Gasteiger partial charge in [0.2, 0.25) is 16.6 Å². The maximum absolute atomic E-state index is 6.00. The average Bonchev–Trinajstić information content (AvgIpc) is 2.17. The Bertz CT molecular complexity index is 181. The molecule has 2 atom stereocenters. The van der Waals surface area contributed by atoms with Crippen molar-refractivity contribution >= 4 is 39.8 Å². The van der Waals surface area contributed by atoms with E-state index >= 15 is 0 Å². The highest BCUT2D eigenvalue weighted by Crippen LogP contribution is 2.18. The topological polar surface area (TPSA) is 9.23 Å². The molecule has 0 aromatic heterocycles. The molecule has 0 amide bonds. The Morgan fingerprint density at radius 1 is 1.08 bits per heavy atom. The summed E-state index contributed by atoms with van der Waals surface area (Å²) in [5.41, 5.74) is 4.73. The molecule has 0 aliphatic rings. The second-order valence-electron chi connectivity index (χ2n) is 3.40. The molecule has 0 aliphatic heterocycles. The van der Waals surface area contributed by atoms with Crippen molar-refractivity contribution in [3.63, 3.8) is 0 Å². The maximum Gasteiger partial charge on any atom is 0.216 e. The van der Waals surface area contributed by atoms with E-state index in [1.807, 2.05) is 24.5 Å². The highest BCUT2D eigenvalue weighted by atomic mass is 35.5. The van der Waals surface area contributed by atoms with Crippen LogP contribution in [0.4, 0.5) is 0 Å². The first-order valence-electron chi connectivity index (χ1n) is 4.04. The lowest BCUT2D eigenvalue weighted by molar-refractivity contribution is 0.568. The molecule has 0 spiro atoms. The summed E-state index contributed by atoms with van der Waals surface area (Å²) in [6, 6.07) is 0. The van der Waals surface area contributed by atoms with Crippen LogP contribution in [0.25, 0.3) is 0 Å². The molecule has 0 saturated heterocycles. The van der Waals surface area contributed by atoms with Crippen molar-refractivity contribution in [2.24, 2.45) is 0 Å². The molecule has 1 nitrogen and oxygen atoms in total. The van der Waals surface area contributed by atoms with Gasteiger partial charge in [-0.1, -0.05) is 11.4 Å². The summed E-state index contributed by atoms with van der Waals surface area (Å²) in [6.45, 7) is 11.6. The maximum atomic E-state index is 6.00. The number of rotatable bonds is 6. The van der Waals surface area contributed by atoms with E-state index in [0.717, 1.165) is 0 Å². The van der Waals surface area contributed by atoms with Crippen molar-refractivity contribution in [3.05, 3.63) is 24.6 Å². The van der Waals surface area contributed by atoms with Gasteiger partial charge in [0.1, 0.15) is 0 Å². The van der Waals surface area contributed by atoms with Crippen LogP contribution in [0.5, 0.6) is 0 Å². The van der Waals surface area contributed by atoms with Crippen LogP contribution in [0.2, 0.25) is 13.1 Å². The normalized spacial score (nSPS) is 20.0. The van der Waals surface area contributed by atoms with Crippen molar-refractivity contribution in [1.29, 1.82) is 0 Å². The summed E-state index contributed by atoms with van der Waals surface area (Å²) in [7, 11) is -3.88. The number of halogens is 2. The summed E-state index contributed by atoms with van der Waals surface area (Å²) in [5.74, 6) is 0. The van der Waals surface area contributed by atoms with Crippen LogP contribution < -0.4 is 0 Å². The first-order chi connectivity index (χ1) is 5.95. The lowest BCUT2D eigenvalue weighted by atomic mass is 11.3. The molecule has 0 fully saturated rings. The molecule has 0 heterocycles. The zero-order chi connectivity index (χ0) is 10.5. The first kappa shape index (κ1) is 13.5. The molecule has 0 aromatic rings. The van der Waals surface area contributed by atoms with Crippen molar-refractivity contribution < 1.29 is 4.12 Å². The zero-order valence-electron chi connectivity index (χ0n) is 8.15. The summed E-state index contributed by atoms with van der Waals surface area (Å²) >= 11 is 11.7. The second kappa shape index (κ2) is 5.36. The summed E-state index contributed by atoms with van der Waals surface area (Å²) in [6.07, 6.45) is 0. The van der Waals surface area contributed by atoms with Gasteiger partial charge in [0, 0.05) is 11.0 Å². The van der Waals surface area contributed by atoms with Crippen LogP contribution in [0.3, 0.4) is 0 Å². The Balaban J connectivity index is 4.54. The highest BCUT2D eigenvalue weighted by Gasteiger charge is 2.34. The third-order valence-electron chi connectivity index (χ3n) is 1.86. The summed E-state index contributed by atoms with van der Waals surface area (Å²) in [4.78, 5) is 0. The van der Waals surface area contributed by atoms with Crippen LogP contribution in [0.15, 0.2) is 24.6 Å². The largest absolute Gasteiger partial charge is 0.448 e. The van der Waals surface area contributed by atoms with E-state index in [1.165, 1.54) is 0 Å². The molecule has 0 bridgehead atoms. The molecule has 13 heavy (non-hydrogen) atoms. The van der Waals surface area contributed by atoms with E-state index in [0.29, 0.717) is 11.0 Å². The summed E-state index contributed by atoms with van der Waals surface area (Å²) < 4.78 is 6.00. The molecule has 0 N–H and O–H groups in total. The van der Waals surface area contributed by atoms with Gasteiger partial charge >= 0.3 is 0 Å². The predicted molar refractivity (Wildman–Crippen MR) is 66.2 cm³/mol. The minimum absolute atomic E-state index is 0.518. The van der Waals surface area contributed by atoms with Gasteiger partial charge < -0.3 is 4.12 Å². The van der Waals surface area contributed by atoms with Crippen molar-refractivity contribution in [2.45, 2.75) is 13.1 Å². The highest BCUT2D eigenvalue weighted by molar-refractivity contribution is 6.95. The quantitative estimate of drug-likeness (QED) is 0.523. The van der Waals surface area contributed by atoms with Crippen LogP contribution in [-0.2, 0) is 4.12 Å². The lowest BCUT2D eigenvalue weighted by Gasteiger charge is -2.31. The SMILES string of the molecule is C=C[Si](C)(CCl)O[Si](C)(C=C)CCl. The molecule has 76 valence electrons. The monoisotopic (exact) mass is 254 g/mol. The second-order valence-corrected chi connectivity index (χ2v) is 12.4. The average molecular weight is 255 g/mol. The first-order valence-corrected chi connectivity index (χ1v) is 10.5. The van der Waals surface area contributed by atoms with Gasteiger partial charge in [-0.3, -0.25) is 0 Å². The predicted octanol–water partition coefficient (Wildman–Crippen LogP) is 3.16. The van der Waals surface area contributed by atoms with Gasteiger partial charge in [-0.25, -0.2) is 0 Å². The Morgan fingerprint density at radius 3 is 1.54 bits per heavy atom. The molecule has 5 heteroatoms. The fourth-order valence-corrected chi connectivity index (χ4v) is 8.00. The van der Waals surface area contributed by atoms with Gasteiger partial charge in [-0.2, -0.15) is 0 Å².